The molecule has 0 amide bonds. The van der Waals surface area contributed by atoms with Crippen molar-refractivity contribution in [2.24, 2.45) is 0 Å². The van der Waals surface area contributed by atoms with Gasteiger partial charge < -0.3 is 0 Å². The minimum atomic E-state index is -1.25. The summed E-state index contributed by atoms with van der Waals surface area (Å²) in [5, 5.41) is 0. The molecule has 2 aromatic rings. The second-order valence-corrected chi connectivity index (χ2v) is 10.4. The highest BCUT2D eigenvalue weighted by atomic mass is 19.1. The van der Waals surface area contributed by atoms with Crippen molar-refractivity contribution in [1.82, 2.24) is 4.90 Å². The summed E-state index contributed by atoms with van der Waals surface area (Å²) >= 11 is 0. The van der Waals surface area contributed by atoms with E-state index in [1.54, 1.807) is 0 Å². The molecule has 0 radical (unpaired) electrons. The Hall–Kier alpha value is -1.74. The van der Waals surface area contributed by atoms with Crippen LogP contribution in [0.1, 0.15) is 88.0 Å². The molecule has 2 fully saturated rings. The molecule has 1 nitrogen and oxygen atoms in total. The van der Waals surface area contributed by atoms with Crippen LogP contribution in [0.15, 0.2) is 48.5 Å². The molecule has 0 spiro atoms. The van der Waals surface area contributed by atoms with E-state index in [0.29, 0.717) is 37.8 Å². The molecule has 0 bridgehead atoms. The van der Waals surface area contributed by atoms with Crippen molar-refractivity contribution in [1.29, 1.82) is 0 Å². The molecular formula is C29H39F2N. The number of rotatable bonds is 10. The van der Waals surface area contributed by atoms with Gasteiger partial charge in [0.25, 0.3) is 0 Å². The fraction of sp³-hybridized carbons (Fsp3) is 0.586. The Kier molecular flexibility index (Phi) is 7.05. The van der Waals surface area contributed by atoms with Crippen molar-refractivity contribution in [3.05, 3.63) is 70.8 Å². The van der Waals surface area contributed by atoms with Crippen LogP contribution in [-0.2, 0) is 24.2 Å². The zero-order valence-electron chi connectivity index (χ0n) is 20.0. The number of nitrogens with zero attached hydrogens (tertiary/aromatic N) is 1. The maximum absolute atomic E-state index is 15.6. The van der Waals surface area contributed by atoms with Crippen LogP contribution in [0, 0.1) is 0 Å². The molecule has 0 heterocycles. The van der Waals surface area contributed by atoms with Gasteiger partial charge >= 0.3 is 0 Å². The molecular weight excluding hydrogens is 400 g/mol. The lowest BCUT2D eigenvalue weighted by Crippen LogP contribution is -2.41. The number of hydrogen-bond acceptors (Lipinski definition) is 1. The Morgan fingerprint density at radius 2 is 1.34 bits per heavy atom. The zero-order valence-corrected chi connectivity index (χ0v) is 20.0. The maximum atomic E-state index is 15.6. The van der Waals surface area contributed by atoms with Gasteiger partial charge in [0.15, 0.2) is 0 Å². The fourth-order valence-electron chi connectivity index (χ4n) is 5.62. The molecule has 0 aromatic heterocycles. The first-order chi connectivity index (χ1) is 15.3. The smallest absolute Gasteiger partial charge is 0.136 e. The van der Waals surface area contributed by atoms with Crippen molar-refractivity contribution in [3.8, 4) is 0 Å². The van der Waals surface area contributed by atoms with Gasteiger partial charge in [-0.25, -0.2) is 8.78 Å². The molecule has 2 aliphatic carbocycles. The average molecular weight is 440 g/mol. The summed E-state index contributed by atoms with van der Waals surface area (Å²) in [7, 11) is 0. The van der Waals surface area contributed by atoms with E-state index in [4.69, 9.17) is 0 Å². The lowest BCUT2D eigenvalue weighted by atomic mass is 9.69. The fourth-order valence-corrected chi connectivity index (χ4v) is 5.62. The van der Waals surface area contributed by atoms with Crippen LogP contribution in [0.2, 0.25) is 0 Å². The van der Waals surface area contributed by atoms with Gasteiger partial charge in [0.1, 0.15) is 11.3 Å². The van der Waals surface area contributed by atoms with Gasteiger partial charge in [0, 0.05) is 18.6 Å². The van der Waals surface area contributed by atoms with E-state index in [-0.39, 0.29) is 0 Å². The van der Waals surface area contributed by atoms with Gasteiger partial charge in [-0.15, -0.1) is 0 Å². The zero-order chi connectivity index (χ0) is 22.8. The molecule has 1 atom stereocenters. The summed E-state index contributed by atoms with van der Waals surface area (Å²) in [6.45, 7) is 7.77. The molecule has 0 saturated heterocycles. The van der Waals surface area contributed by atoms with Crippen LogP contribution in [-0.4, -0.2) is 23.5 Å². The van der Waals surface area contributed by atoms with E-state index in [1.165, 1.54) is 5.56 Å². The molecule has 4 rings (SSSR count). The molecule has 2 aromatic carbocycles. The van der Waals surface area contributed by atoms with Crippen molar-refractivity contribution < 1.29 is 8.78 Å². The van der Waals surface area contributed by atoms with Crippen LogP contribution in [0.25, 0.3) is 0 Å². The third-order valence-electron chi connectivity index (χ3n) is 7.98. The SMILES string of the molecule is CC(C)N(CCc1ccccc1)C(C)CCc1c(C2(F)CCC2)cccc1C1(F)CCC1. The van der Waals surface area contributed by atoms with E-state index >= 15 is 8.78 Å². The predicted molar refractivity (Wildman–Crippen MR) is 129 cm³/mol. The second-order valence-electron chi connectivity index (χ2n) is 10.4. The topological polar surface area (TPSA) is 3.24 Å². The van der Waals surface area contributed by atoms with Crippen LogP contribution >= 0.6 is 0 Å². The van der Waals surface area contributed by atoms with Crippen LogP contribution < -0.4 is 0 Å². The standard InChI is InChI=1S/C29H39F2N/c1-22(2)32(21-16-24-10-5-4-6-11-24)23(3)14-15-25-26(28(30)17-8-18-28)12-7-13-27(25)29(31)19-9-20-29/h4-7,10-13,22-23H,8-9,14-21H2,1-3H3. The Labute approximate surface area is 193 Å². The Morgan fingerprint density at radius 3 is 1.81 bits per heavy atom. The van der Waals surface area contributed by atoms with Gasteiger partial charge in [-0.3, -0.25) is 4.90 Å². The minimum Gasteiger partial charge on any atom is -0.298 e. The largest absolute Gasteiger partial charge is 0.298 e. The Bertz CT molecular complexity index is 845. The first-order valence-electron chi connectivity index (χ1n) is 12.6. The first kappa shape index (κ1) is 23.4. The van der Waals surface area contributed by atoms with Crippen LogP contribution in [0.5, 0.6) is 0 Å². The number of halogens is 2. The second kappa shape index (κ2) is 9.63. The lowest BCUT2D eigenvalue weighted by Gasteiger charge is -2.41. The first-order valence-corrected chi connectivity index (χ1v) is 12.6. The van der Waals surface area contributed by atoms with Crippen molar-refractivity contribution in [2.45, 2.75) is 102 Å². The molecule has 1 unspecified atom stereocenters. The third kappa shape index (κ3) is 4.78. The molecule has 2 aliphatic rings. The summed E-state index contributed by atoms with van der Waals surface area (Å²) < 4.78 is 31.2. The summed E-state index contributed by atoms with van der Waals surface area (Å²) in [6.07, 6.45) is 6.85. The van der Waals surface area contributed by atoms with Crippen LogP contribution in [0.4, 0.5) is 8.78 Å². The van der Waals surface area contributed by atoms with Gasteiger partial charge in [0.05, 0.1) is 0 Å². The van der Waals surface area contributed by atoms with Crippen molar-refractivity contribution >= 4 is 0 Å². The van der Waals surface area contributed by atoms with E-state index in [9.17, 15) is 0 Å². The molecule has 0 aliphatic heterocycles. The van der Waals surface area contributed by atoms with E-state index in [0.717, 1.165) is 55.3 Å². The summed E-state index contributed by atoms with van der Waals surface area (Å²) in [4.78, 5) is 2.54. The highest BCUT2D eigenvalue weighted by Crippen LogP contribution is 2.51. The summed E-state index contributed by atoms with van der Waals surface area (Å²) in [6, 6.07) is 17.2. The summed E-state index contributed by atoms with van der Waals surface area (Å²) in [5.41, 5.74) is 1.37. The Balaban J connectivity index is 1.51. The monoisotopic (exact) mass is 439 g/mol. The quantitative estimate of drug-likeness (QED) is 0.367. The molecule has 32 heavy (non-hydrogen) atoms. The number of alkyl halides is 2. The van der Waals surface area contributed by atoms with Gasteiger partial charge in [-0.2, -0.15) is 0 Å². The van der Waals surface area contributed by atoms with E-state index < -0.39 is 11.3 Å². The summed E-state index contributed by atoms with van der Waals surface area (Å²) in [5.74, 6) is 0. The van der Waals surface area contributed by atoms with E-state index in [2.05, 4.69) is 56.0 Å². The molecule has 3 heteroatoms. The van der Waals surface area contributed by atoms with Crippen molar-refractivity contribution in [2.75, 3.05) is 6.54 Å². The lowest BCUT2D eigenvalue weighted by molar-refractivity contribution is 0.0511. The Morgan fingerprint density at radius 1 is 0.781 bits per heavy atom. The highest BCUT2D eigenvalue weighted by molar-refractivity contribution is 5.44. The van der Waals surface area contributed by atoms with Gasteiger partial charge in [0.2, 0.25) is 0 Å². The molecule has 2 saturated carbocycles. The predicted octanol–water partition coefficient (Wildman–Crippen LogP) is 7.66. The molecule has 174 valence electrons. The highest BCUT2D eigenvalue weighted by Gasteiger charge is 2.45. The normalized spacial score (nSPS) is 20.1. The van der Waals surface area contributed by atoms with Gasteiger partial charge in [-0.1, -0.05) is 48.5 Å². The third-order valence-corrected chi connectivity index (χ3v) is 7.98. The number of benzene rings is 2. The van der Waals surface area contributed by atoms with E-state index in [1.807, 2.05) is 18.2 Å². The average Bonchev–Trinajstić information content (AvgIpc) is 2.74. The molecule has 0 N–H and O–H groups in total. The van der Waals surface area contributed by atoms with Crippen LogP contribution in [0.3, 0.4) is 0 Å². The minimum absolute atomic E-state index is 0.355. The van der Waals surface area contributed by atoms with Gasteiger partial charge in [-0.05, 0) is 101 Å². The maximum Gasteiger partial charge on any atom is 0.136 e. The number of hydrogen-bond donors (Lipinski definition) is 0. The van der Waals surface area contributed by atoms with Crippen molar-refractivity contribution in [3.63, 3.8) is 0 Å².